The maximum atomic E-state index is 11.7. The van der Waals surface area contributed by atoms with Crippen molar-refractivity contribution in [2.75, 3.05) is 13.2 Å². The van der Waals surface area contributed by atoms with Crippen molar-refractivity contribution < 1.29 is 47.6 Å². The van der Waals surface area contributed by atoms with Crippen molar-refractivity contribution in [3.05, 3.63) is 0 Å². The predicted molar refractivity (Wildman–Crippen MR) is 106 cm³/mol. The average molecular weight is 449 g/mol. The molecule has 0 aromatic carbocycles. The standard InChI is InChI=1S/C19H32O10Si/c1-11(20)25-10-15-16(26-12(2)21)17(27-13(3)22)18(28-14(4)23)19(29-15)24-8-9-30(5,6)7/h15-19H,8-10H2,1-7H3. The van der Waals surface area contributed by atoms with Gasteiger partial charge in [0.1, 0.15) is 12.7 Å². The van der Waals surface area contributed by atoms with Crippen molar-refractivity contribution in [2.45, 2.75) is 84.1 Å². The van der Waals surface area contributed by atoms with E-state index in [4.69, 9.17) is 28.4 Å². The molecule has 0 radical (unpaired) electrons. The number of hydrogen-bond donors (Lipinski definition) is 0. The number of ether oxygens (including phenoxy) is 6. The molecule has 1 saturated heterocycles. The molecule has 0 aromatic rings. The molecular weight excluding hydrogens is 416 g/mol. The Hall–Kier alpha value is -1.98. The van der Waals surface area contributed by atoms with Gasteiger partial charge in [0.2, 0.25) is 0 Å². The second kappa shape index (κ2) is 11.4. The van der Waals surface area contributed by atoms with Crippen LogP contribution in [0.2, 0.25) is 25.7 Å². The van der Waals surface area contributed by atoms with Crippen molar-refractivity contribution in [1.29, 1.82) is 0 Å². The lowest BCUT2D eigenvalue weighted by Crippen LogP contribution is -2.63. The fourth-order valence-electron chi connectivity index (χ4n) is 2.80. The normalized spacial score (nSPS) is 26.4. The fraction of sp³-hybridized carbons (Fsp3) is 0.789. The van der Waals surface area contributed by atoms with Gasteiger partial charge >= 0.3 is 23.9 Å². The summed E-state index contributed by atoms with van der Waals surface area (Å²) < 4.78 is 32.7. The Kier molecular flexibility index (Phi) is 9.92. The lowest BCUT2D eigenvalue weighted by Gasteiger charge is -2.44. The smallest absolute Gasteiger partial charge is 0.303 e. The van der Waals surface area contributed by atoms with Gasteiger partial charge < -0.3 is 28.4 Å². The zero-order valence-corrected chi connectivity index (χ0v) is 19.6. The average Bonchev–Trinajstić information content (AvgIpc) is 2.55. The predicted octanol–water partition coefficient (Wildman–Crippen LogP) is 1.42. The molecule has 1 fully saturated rings. The van der Waals surface area contributed by atoms with Gasteiger partial charge in [-0.05, 0) is 6.04 Å². The third-order valence-corrected chi connectivity index (χ3v) is 5.79. The first kappa shape index (κ1) is 26.1. The molecule has 5 unspecified atom stereocenters. The van der Waals surface area contributed by atoms with Crippen molar-refractivity contribution in [3.63, 3.8) is 0 Å². The van der Waals surface area contributed by atoms with E-state index in [0.29, 0.717) is 6.61 Å². The molecule has 0 saturated carbocycles. The van der Waals surface area contributed by atoms with Gasteiger partial charge in [-0.25, -0.2) is 0 Å². The van der Waals surface area contributed by atoms with Crippen LogP contribution < -0.4 is 0 Å². The van der Waals surface area contributed by atoms with Crippen LogP contribution in [0.1, 0.15) is 27.7 Å². The first-order chi connectivity index (χ1) is 13.8. The van der Waals surface area contributed by atoms with Crippen LogP contribution in [-0.2, 0) is 47.6 Å². The monoisotopic (exact) mass is 448 g/mol. The second-order valence-corrected chi connectivity index (χ2v) is 13.9. The van der Waals surface area contributed by atoms with Crippen LogP contribution >= 0.6 is 0 Å². The number of carbonyl (C=O) groups excluding carboxylic acids is 4. The van der Waals surface area contributed by atoms with Crippen molar-refractivity contribution in [2.24, 2.45) is 0 Å². The van der Waals surface area contributed by atoms with Crippen LogP contribution in [0, 0.1) is 0 Å². The van der Waals surface area contributed by atoms with Crippen LogP contribution in [0.15, 0.2) is 0 Å². The molecule has 172 valence electrons. The summed E-state index contributed by atoms with van der Waals surface area (Å²) in [6, 6.07) is 0.805. The van der Waals surface area contributed by atoms with Crippen LogP contribution in [0.25, 0.3) is 0 Å². The number of esters is 4. The zero-order chi connectivity index (χ0) is 23.1. The molecule has 0 amide bonds. The molecule has 1 heterocycles. The Balaban J connectivity index is 3.22. The third kappa shape index (κ3) is 9.22. The molecule has 1 aliphatic heterocycles. The van der Waals surface area contributed by atoms with E-state index in [0.717, 1.165) is 6.04 Å². The van der Waals surface area contributed by atoms with Crippen LogP contribution in [0.5, 0.6) is 0 Å². The molecule has 30 heavy (non-hydrogen) atoms. The molecule has 5 atom stereocenters. The van der Waals surface area contributed by atoms with E-state index in [9.17, 15) is 19.2 Å². The number of carbonyl (C=O) groups is 4. The highest BCUT2D eigenvalue weighted by Gasteiger charge is 2.52. The van der Waals surface area contributed by atoms with Crippen LogP contribution in [0.4, 0.5) is 0 Å². The molecular formula is C19H32O10Si. The van der Waals surface area contributed by atoms with Crippen molar-refractivity contribution in [3.8, 4) is 0 Å². The molecule has 11 heteroatoms. The summed E-state index contributed by atoms with van der Waals surface area (Å²) in [5, 5.41) is 0. The van der Waals surface area contributed by atoms with Crippen LogP contribution in [0.3, 0.4) is 0 Å². The molecule has 0 aliphatic carbocycles. The van der Waals surface area contributed by atoms with Gasteiger partial charge in [0.15, 0.2) is 24.6 Å². The van der Waals surface area contributed by atoms with Gasteiger partial charge in [0.05, 0.1) is 0 Å². The quantitative estimate of drug-likeness (QED) is 0.290. The number of rotatable bonds is 9. The molecule has 1 aliphatic rings. The summed E-state index contributed by atoms with van der Waals surface area (Å²) in [5.41, 5.74) is 0. The lowest BCUT2D eigenvalue weighted by molar-refractivity contribution is -0.307. The Morgan fingerprint density at radius 3 is 1.73 bits per heavy atom. The molecule has 0 N–H and O–H groups in total. The largest absolute Gasteiger partial charge is 0.463 e. The summed E-state index contributed by atoms with van der Waals surface area (Å²) in [7, 11) is -1.43. The SMILES string of the molecule is CC(=O)OCC1OC(OCC[Si](C)(C)C)C(OC(C)=O)C(OC(C)=O)C1OC(C)=O. The van der Waals surface area contributed by atoms with Gasteiger partial charge in [0.25, 0.3) is 0 Å². The minimum atomic E-state index is -1.43. The number of hydrogen-bond acceptors (Lipinski definition) is 10. The van der Waals surface area contributed by atoms with E-state index in [2.05, 4.69) is 19.6 Å². The van der Waals surface area contributed by atoms with Gasteiger partial charge in [-0.15, -0.1) is 0 Å². The Labute approximate surface area is 177 Å². The van der Waals surface area contributed by atoms with E-state index >= 15 is 0 Å². The minimum Gasteiger partial charge on any atom is -0.463 e. The van der Waals surface area contributed by atoms with Crippen molar-refractivity contribution >= 4 is 32.0 Å². The summed E-state index contributed by atoms with van der Waals surface area (Å²) in [5.74, 6) is -2.57. The first-order valence-electron chi connectivity index (χ1n) is 9.72. The molecule has 0 spiro atoms. The molecule has 0 aromatic heterocycles. The van der Waals surface area contributed by atoms with Gasteiger partial charge in [-0.3, -0.25) is 19.2 Å². The lowest BCUT2D eigenvalue weighted by atomic mass is 9.98. The minimum absolute atomic E-state index is 0.272. The van der Waals surface area contributed by atoms with E-state index in [1.807, 2.05) is 0 Å². The fourth-order valence-corrected chi connectivity index (χ4v) is 3.53. The molecule has 10 nitrogen and oxygen atoms in total. The Morgan fingerprint density at radius 1 is 0.767 bits per heavy atom. The molecule has 0 bridgehead atoms. The van der Waals surface area contributed by atoms with Gasteiger partial charge in [-0.2, -0.15) is 0 Å². The summed E-state index contributed by atoms with van der Waals surface area (Å²) >= 11 is 0. The maximum Gasteiger partial charge on any atom is 0.303 e. The Bertz CT molecular complexity index is 629. The highest BCUT2D eigenvalue weighted by Crippen LogP contribution is 2.30. The summed E-state index contributed by atoms with van der Waals surface area (Å²) in [6.45, 7) is 11.3. The third-order valence-electron chi connectivity index (χ3n) is 4.08. The molecule has 1 rings (SSSR count). The maximum absolute atomic E-state index is 11.7. The summed E-state index contributed by atoms with van der Waals surface area (Å²) in [4.78, 5) is 46.4. The highest BCUT2D eigenvalue weighted by atomic mass is 28.3. The van der Waals surface area contributed by atoms with E-state index in [1.165, 1.54) is 27.7 Å². The van der Waals surface area contributed by atoms with Crippen LogP contribution in [-0.4, -0.2) is 75.9 Å². The van der Waals surface area contributed by atoms with E-state index in [1.54, 1.807) is 0 Å². The summed E-state index contributed by atoms with van der Waals surface area (Å²) in [6.07, 6.45) is -5.66. The second-order valence-electron chi connectivity index (χ2n) is 8.25. The zero-order valence-electron chi connectivity index (χ0n) is 18.6. The first-order valence-corrected chi connectivity index (χ1v) is 13.4. The van der Waals surface area contributed by atoms with E-state index < -0.39 is 62.7 Å². The highest BCUT2D eigenvalue weighted by molar-refractivity contribution is 6.76. The van der Waals surface area contributed by atoms with E-state index in [-0.39, 0.29) is 6.61 Å². The van der Waals surface area contributed by atoms with Gasteiger partial charge in [0, 0.05) is 42.4 Å². The van der Waals surface area contributed by atoms with Crippen molar-refractivity contribution in [1.82, 2.24) is 0 Å². The van der Waals surface area contributed by atoms with Gasteiger partial charge in [-0.1, -0.05) is 19.6 Å². The topological polar surface area (TPSA) is 124 Å². The Morgan fingerprint density at radius 2 is 1.27 bits per heavy atom.